The van der Waals surface area contributed by atoms with Crippen molar-refractivity contribution >= 4 is 53.1 Å². The zero-order chi connectivity index (χ0) is 18.2. The zero-order valence-corrected chi connectivity index (χ0v) is 19.7. The van der Waals surface area contributed by atoms with Crippen molar-refractivity contribution in [2.45, 2.75) is 19.4 Å². The molecule has 0 amide bonds. The molecule has 0 spiro atoms. The standard InChI is InChI=1S/C17H30Cl2N6.HI/c1-20-17(22-13-14-12-15(18)16(19)24(14)3)21-6-4-5-7-25-10-8-23(2)9-11-25;/h12H,4-11,13H2,1-3H3,(H2,20,21,22);1H. The van der Waals surface area contributed by atoms with Gasteiger partial charge in [0.05, 0.1) is 11.6 Å². The van der Waals surface area contributed by atoms with E-state index in [1.807, 2.05) is 17.7 Å². The maximum Gasteiger partial charge on any atom is 0.191 e. The molecule has 0 bridgehead atoms. The molecule has 0 aromatic carbocycles. The number of aromatic nitrogens is 1. The molecule has 1 saturated heterocycles. The Labute approximate surface area is 184 Å². The van der Waals surface area contributed by atoms with E-state index in [0.717, 1.165) is 24.6 Å². The summed E-state index contributed by atoms with van der Waals surface area (Å²) in [5.41, 5.74) is 1.02. The Kier molecular flexibility index (Phi) is 11.2. The molecule has 0 atom stereocenters. The van der Waals surface area contributed by atoms with Crippen molar-refractivity contribution in [1.82, 2.24) is 25.0 Å². The van der Waals surface area contributed by atoms with Crippen molar-refractivity contribution in [2.75, 3.05) is 53.4 Å². The van der Waals surface area contributed by atoms with Crippen LogP contribution in [0.4, 0.5) is 0 Å². The molecule has 150 valence electrons. The van der Waals surface area contributed by atoms with Gasteiger partial charge in [0, 0.05) is 52.5 Å². The molecular weight excluding hydrogens is 486 g/mol. The highest BCUT2D eigenvalue weighted by Gasteiger charge is 2.13. The first-order chi connectivity index (χ1) is 12.0. The second-order valence-electron chi connectivity index (χ2n) is 6.54. The fraction of sp³-hybridized carbons (Fsp3) is 0.706. The Morgan fingerprint density at radius 3 is 2.38 bits per heavy atom. The minimum atomic E-state index is 0. The smallest absolute Gasteiger partial charge is 0.191 e. The van der Waals surface area contributed by atoms with Gasteiger partial charge in [-0.3, -0.25) is 4.99 Å². The minimum absolute atomic E-state index is 0. The number of piperazine rings is 1. The van der Waals surface area contributed by atoms with E-state index >= 15 is 0 Å². The summed E-state index contributed by atoms with van der Waals surface area (Å²) in [6.07, 6.45) is 2.34. The van der Waals surface area contributed by atoms with Crippen LogP contribution < -0.4 is 10.6 Å². The predicted molar refractivity (Wildman–Crippen MR) is 122 cm³/mol. The molecule has 1 fully saturated rings. The van der Waals surface area contributed by atoms with Gasteiger partial charge in [0.15, 0.2) is 5.96 Å². The average Bonchev–Trinajstić information content (AvgIpc) is 2.86. The number of unbranched alkanes of at least 4 members (excludes halogenated alkanes) is 1. The van der Waals surface area contributed by atoms with E-state index in [1.165, 1.54) is 39.1 Å². The Morgan fingerprint density at radius 1 is 1.12 bits per heavy atom. The summed E-state index contributed by atoms with van der Waals surface area (Å²) in [7, 11) is 5.88. The van der Waals surface area contributed by atoms with E-state index < -0.39 is 0 Å². The van der Waals surface area contributed by atoms with E-state index in [-0.39, 0.29) is 24.0 Å². The van der Waals surface area contributed by atoms with Gasteiger partial charge >= 0.3 is 0 Å². The largest absolute Gasteiger partial charge is 0.356 e. The lowest BCUT2D eigenvalue weighted by Gasteiger charge is -2.32. The first-order valence-electron chi connectivity index (χ1n) is 8.86. The number of likely N-dealkylation sites (N-methyl/N-ethyl adjacent to an activating group) is 1. The molecule has 1 aromatic heterocycles. The normalized spacial score (nSPS) is 16.4. The number of hydrogen-bond donors (Lipinski definition) is 2. The van der Waals surface area contributed by atoms with Crippen LogP contribution in [0, 0.1) is 0 Å². The van der Waals surface area contributed by atoms with Crippen molar-refractivity contribution in [2.24, 2.45) is 12.0 Å². The molecule has 1 aromatic rings. The summed E-state index contributed by atoms with van der Waals surface area (Å²) in [6.45, 7) is 7.47. The fourth-order valence-electron chi connectivity index (χ4n) is 2.89. The summed E-state index contributed by atoms with van der Waals surface area (Å²) < 4.78 is 1.88. The first kappa shape index (κ1) is 23.8. The van der Waals surface area contributed by atoms with Gasteiger partial charge in [-0.05, 0) is 32.5 Å². The summed E-state index contributed by atoms with van der Waals surface area (Å²) in [5, 5.41) is 7.80. The monoisotopic (exact) mass is 516 g/mol. The molecular formula is C17H31Cl2IN6. The first-order valence-corrected chi connectivity index (χ1v) is 9.62. The number of nitrogens with zero attached hydrogens (tertiary/aromatic N) is 4. The van der Waals surface area contributed by atoms with Crippen LogP contribution in [0.2, 0.25) is 10.2 Å². The maximum atomic E-state index is 6.09. The second-order valence-corrected chi connectivity index (χ2v) is 7.30. The number of rotatable bonds is 7. The number of guanidine groups is 1. The van der Waals surface area contributed by atoms with Gasteiger partial charge in [0.25, 0.3) is 0 Å². The number of halogens is 3. The highest BCUT2D eigenvalue weighted by molar-refractivity contribution is 14.0. The van der Waals surface area contributed by atoms with Gasteiger partial charge in [0.1, 0.15) is 5.15 Å². The maximum absolute atomic E-state index is 6.09. The quantitative estimate of drug-likeness (QED) is 0.253. The summed E-state index contributed by atoms with van der Waals surface area (Å²) in [5.74, 6) is 0.799. The van der Waals surface area contributed by atoms with E-state index in [2.05, 4.69) is 32.5 Å². The summed E-state index contributed by atoms with van der Waals surface area (Å²) in [4.78, 5) is 9.20. The number of aliphatic imine (C=N–C) groups is 1. The van der Waals surface area contributed by atoms with Crippen LogP contribution in [0.1, 0.15) is 18.5 Å². The van der Waals surface area contributed by atoms with Crippen molar-refractivity contribution in [3.05, 3.63) is 21.9 Å². The third-order valence-electron chi connectivity index (χ3n) is 4.67. The molecule has 1 aliphatic rings. The van der Waals surface area contributed by atoms with Crippen LogP contribution in [-0.4, -0.2) is 73.7 Å². The highest BCUT2D eigenvalue weighted by Crippen LogP contribution is 2.24. The average molecular weight is 517 g/mol. The molecule has 2 N–H and O–H groups in total. The van der Waals surface area contributed by atoms with Crippen LogP contribution in [-0.2, 0) is 13.6 Å². The SMILES string of the molecule is CN=C(NCCCCN1CCN(C)CC1)NCc1cc(Cl)c(Cl)n1C.I. The van der Waals surface area contributed by atoms with Crippen molar-refractivity contribution in [1.29, 1.82) is 0 Å². The lowest BCUT2D eigenvalue weighted by molar-refractivity contribution is 0.152. The molecule has 2 rings (SSSR count). The Bertz CT molecular complexity index is 570. The van der Waals surface area contributed by atoms with Crippen LogP contribution in [0.3, 0.4) is 0 Å². The summed E-state index contributed by atoms with van der Waals surface area (Å²) >= 11 is 12.1. The van der Waals surface area contributed by atoms with Crippen LogP contribution in [0.5, 0.6) is 0 Å². The lowest BCUT2D eigenvalue weighted by Crippen LogP contribution is -2.44. The van der Waals surface area contributed by atoms with Crippen LogP contribution in [0.15, 0.2) is 11.1 Å². The second kappa shape index (κ2) is 12.3. The molecule has 1 aliphatic heterocycles. The van der Waals surface area contributed by atoms with Gasteiger partial charge in [0.2, 0.25) is 0 Å². The molecule has 0 radical (unpaired) electrons. The molecule has 26 heavy (non-hydrogen) atoms. The third kappa shape index (κ3) is 7.42. The molecule has 9 heteroatoms. The molecule has 0 unspecified atom stereocenters. The summed E-state index contributed by atoms with van der Waals surface area (Å²) in [6, 6.07) is 1.88. The van der Waals surface area contributed by atoms with Crippen molar-refractivity contribution in [3.63, 3.8) is 0 Å². The Balaban J connectivity index is 0.00000338. The zero-order valence-electron chi connectivity index (χ0n) is 15.9. The molecule has 6 nitrogen and oxygen atoms in total. The van der Waals surface area contributed by atoms with E-state index in [9.17, 15) is 0 Å². The highest BCUT2D eigenvalue weighted by atomic mass is 127. The van der Waals surface area contributed by atoms with Gasteiger partial charge in [-0.2, -0.15) is 0 Å². The van der Waals surface area contributed by atoms with E-state index in [4.69, 9.17) is 23.2 Å². The molecule has 0 saturated carbocycles. The Hall–Kier alpha value is -0.220. The van der Waals surface area contributed by atoms with Gasteiger partial charge in [-0.1, -0.05) is 23.2 Å². The Morgan fingerprint density at radius 2 is 1.81 bits per heavy atom. The van der Waals surface area contributed by atoms with Crippen molar-refractivity contribution < 1.29 is 0 Å². The number of nitrogens with one attached hydrogen (secondary N) is 2. The minimum Gasteiger partial charge on any atom is -0.356 e. The van der Waals surface area contributed by atoms with E-state index in [0.29, 0.717) is 16.7 Å². The topological polar surface area (TPSA) is 47.8 Å². The fourth-order valence-corrected chi connectivity index (χ4v) is 3.31. The van der Waals surface area contributed by atoms with Crippen molar-refractivity contribution in [3.8, 4) is 0 Å². The van der Waals surface area contributed by atoms with Gasteiger partial charge in [-0.25, -0.2) is 0 Å². The van der Waals surface area contributed by atoms with E-state index in [1.54, 1.807) is 7.05 Å². The lowest BCUT2D eigenvalue weighted by atomic mass is 10.2. The third-order valence-corrected chi connectivity index (χ3v) is 5.51. The van der Waals surface area contributed by atoms with Crippen LogP contribution in [0.25, 0.3) is 0 Å². The predicted octanol–water partition coefficient (Wildman–Crippen LogP) is 2.64. The number of hydrogen-bond acceptors (Lipinski definition) is 3. The van der Waals surface area contributed by atoms with Gasteiger partial charge in [-0.15, -0.1) is 24.0 Å². The molecule has 0 aliphatic carbocycles. The van der Waals surface area contributed by atoms with Gasteiger partial charge < -0.3 is 25.0 Å². The van der Waals surface area contributed by atoms with Crippen LogP contribution >= 0.6 is 47.2 Å². The molecule has 2 heterocycles.